The number of nitrogens with zero attached hydrogens (tertiary/aromatic N) is 1. The number of amides is 3. The van der Waals surface area contributed by atoms with Gasteiger partial charge in [0.1, 0.15) is 11.4 Å². The Kier molecular flexibility index (Phi) is 7.14. The molecule has 2 N–H and O–H groups in total. The van der Waals surface area contributed by atoms with Crippen molar-refractivity contribution in [3.05, 3.63) is 48.0 Å². The smallest absolute Gasteiger partial charge is 0.321 e. The van der Waals surface area contributed by atoms with Gasteiger partial charge in [0, 0.05) is 31.6 Å². The van der Waals surface area contributed by atoms with Crippen molar-refractivity contribution in [2.75, 3.05) is 38.7 Å². The Bertz CT molecular complexity index is 1030. The second-order valence-electron chi connectivity index (χ2n) is 9.44. The molecule has 8 heteroatoms. The summed E-state index contributed by atoms with van der Waals surface area (Å²) in [6.45, 7) is 5.87. The molecule has 0 saturated carbocycles. The zero-order valence-corrected chi connectivity index (χ0v) is 20.1. The summed E-state index contributed by atoms with van der Waals surface area (Å²) in [6.07, 6.45) is 2.48. The summed E-state index contributed by atoms with van der Waals surface area (Å²) < 4.78 is 17.0. The number of hydrogen-bond acceptors (Lipinski definition) is 5. The zero-order chi connectivity index (χ0) is 24.1. The zero-order valence-electron chi connectivity index (χ0n) is 20.1. The number of rotatable bonds is 7. The lowest BCUT2D eigenvalue weighted by molar-refractivity contribution is -0.123. The van der Waals surface area contributed by atoms with Gasteiger partial charge in [-0.2, -0.15) is 0 Å². The predicted molar refractivity (Wildman–Crippen MR) is 130 cm³/mol. The Morgan fingerprint density at radius 1 is 1.09 bits per heavy atom. The summed E-state index contributed by atoms with van der Waals surface area (Å²) in [5.74, 6) is 2.13. The third-order valence-corrected chi connectivity index (χ3v) is 6.25. The minimum Gasteiger partial charge on any atom is -0.495 e. The number of benzene rings is 2. The fourth-order valence-electron chi connectivity index (χ4n) is 4.44. The number of anilines is 1. The standard InChI is InChI=1S/C26H33N3O5/c1-26(2)15-19-7-6-10-22(24(19)34-26)33-17-23(30)27-16-18-11-13-29(14-12-18)25(31)28-20-8-4-5-9-21(20)32-3/h4-10,18H,11-17H2,1-3H3,(H,27,30)(H,28,31). The molecule has 0 aromatic heterocycles. The van der Waals surface area contributed by atoms with Crippen LogP contribution in [-0.2, 0) is 11.2 Å². The van der Waals surface area contributed by atoms with E-state index in [-0.39, 0.29) is 24.1 Å². The number of ether oxygens (including phenoxy) is 3. The molecule has 0 aliphatic carbocycles. The van der Waals surface area contributed by atoms with Gasteiger partial charge in [-0.3, -0.25) is 4.79 Å². The third kappa shape index (κ3) is 5.73. The number of fused-ring (bicyclic) bond motifs is 1. The monoisotopic (exact) mass is 467 g/mol. The Hall–Kier alpha value is -3.42. The first-order chi connectivity index (χ1) is 16.3. The molecule has 0 unspecified atom stereocenters. The van der Waals surface area contributed by atoms with Gasteiger partial charge in [-0.05, 0) is 50.8 Å². The molecule has 0 bridgehead atoms. The van der Waals surface area contributed by atoms with Crippen LogP contribution in [0.25, 0.3) is 0 Å². The topological polar surface area (TPSA) is 89.1 Å². The lowest BCUT2D eigenvalue weighted by Gasteiger charge is -2.32. The summed E-state index contributed by atoms with van der Waals surface area (Å²) in [6, 6.07) is 13.0. The molecule has 3 amide bonds. The second kappa shape index (κ2) is 10.2. The van der Waals surface area contributed by atoms with Crippen LogP contribution in [-0.4, -0.2) is 55.8 Å². The van der Waals surface area contributed by atoms with Crippen molar-refractivity contribution < 1.29 is 23.8 Å². The number of hydrogen-bond donors (Lipinski definition) is 2. The number of methoxy groups -OCH3 is 1. The van der Waals surface area contributed by atoms with Gasteiger partial charge in [0.25, 0.3) is 5.91 Å². The lowest BCUT2D eigenvalue weighted by Crippen LogP contribution is -2.43. The molecule has 182 valence electrons. The first-order valence-electron chi connectivity index (χ1n) is 11.7. The summed E-state index contributed by atoms with van der Waals surface area (Å²) in [7, 11) is 1.58. The predicted octanol–water partition coefficient (Wildman–Crippen LogP) is 3.85. The first-order valence-corrected chi connectivity index (χ1v) is 11.7. The average Bonchev–Trinajstić information content (AvgIpc) is 3.16. The third-order valence-electron chi connectivity index (χ3n) is 6.25. The van der Waals surface area contributed by atoms with Gasteiger partial charge in [0.2, 0.25) is 0 Å². The van der Waals surface area contributed by atoms with Crippen molar-refractivity contribution >= 4 is 17.6 Å². The highest BCUT2D eigenvalue weighted by molar-refractivity contribution is 5.91. The molecule has 1 saturated heterocycles. The van der Waals surface area contributed by atoms with Crippen molar-refractivity contribution in [2.45, 2.75) is 38.7 Å². The van der Waals surface area contributed by atoms with Crippen molar-refractivity contribution in [1.29, 1.82) is 0 Å². The van der Waals surface area contributed by atoms with Crippen molar-refractivity contribution in [1.82, 2.24) is 10.2 Å². The van der Waals surface area contributed by atoms with E-state index in [2.05, 4.69) is 10.6 Å². The fourth-order valence-corrected chi connectivity index (χ4v) is 4.44. The Morgan fingerprint density at radius 2 is 1.82 bits per heavy atom. The first kappa shape index (κ1) is 23.7. The molecule has 0 atom stereocenters. The minimum atomic E-state index is -0.261. The molecule has 2 aromatic carbocycles. The van der Waals surface area contributed by atoms with E-state index in [0.29, 0.717) is 42.7 Å². The van der Waals surface area contributed by atoms with Gasteiger partial charge in [-0.1, -0.05) is 24.3 Å². The molecule has 2 aliphatic rings. The number of carbonyl (C=O) groups excluding carboxylic acids is 2. The number of carbonyl (C=O) groups is 2. The molecule has 1 fully saturated rings. The van der Waals surface area contributed by atoms with Gasteiger partial charge in [0.05, 0.1) is 12.8 Å². The van der Waals surface area contributed by atoms with E-state index < -0.39 is 0 Å². The molecule has 0 spiro atoms. The van der Waals surface area contributed by atoms with E-state index in [1.54, 1.807) is 12.0 Å². The van der Waals surface area contributed by atoms with Crippen LogP contribution < -0.4 is 24.8 Å². The van der Waals surface area contributed by atoms with Gasteiger partial charge < -0.3 is 29.7 Å². The highest BCUT2D eigenvalue weighted by Gasteiger charge is 2.32. The molecule has 8 nitrogen and oxygen atoms in total. The largest absolute Gasteiger partial charge is 0.495 e. The molecular weight excluding hydrogens is 434 g/mol. The SMILES string of the molecule is COc1ccccc1NC(=O)N1CCC(CNC(=O)COc2cccc3c2OC(C)(C)C3)CC1. The summed E-state index contributed by atoms with van der Waals surface area (Å²) in [5.41, 5.74) is 1.50. The van der Waals surface area contributed by atoms with E-state index in [0.717, 1.165) is 30.6 Å². The van der Waals surface area contributed by atoms with Gasteiger partial charge in [-0.25, -0.2) is 4.79 Å². The Labute approximate surface area is 200 Å². The Balaban J connectivity index is 1.18. The molecule has 0 radical (unpaired) electrons. The van der Waals surface area contributed by atoms with E-state index in [4.69, 9.17) is 14.2 Å². The van der Waals surface area contributed by atoms with Crippen LogP contribution in [0.2, 0.25) is 0 Å². The molecule has 2 aromatic rings. The maximum atomic E-state index is 12.6. The van der Waals surface area contributed by atoms with Crippen LogP contribution in [0.5, 0.6) is 17.2 Å². The molecular formula is C26H33N3O5. The maximum absolute atomic E-state index is 12.6. The van der Waals surface area contributed by atoms with E-state index in [1.807, 2.05) is 56.3 Å². The normalized spacial score (nSPS) is 16.9. The van der Waals surface area contributed by atoms with Crippen LogP contribution in [0.1, 0.15) is 32.3 Å². The number of urea groups is 1. The Morgan fingerprint density at radius 3 is 2.59 bits per heavy atom. The summed E-state index contributed by atoms with van der Waals surface area (Å²) in [4.78, 5) is 26.8. The maximum Gasteiger partial charge on any atom is 0.321 e. The van der Waals surface area contributed by atoms with E-state index in [9.17, 15) is 9.59 Å². The van der Waals surface area contributed by atoms with Gasteiger partial charge in [-0.15, -0.1) is 0 Å². The van der Waals surface area contributed by atoms with E-state index in [1.165, 1.54) is 0 Å². The van der Waals surface area contributed by atoms with Crippen molar-refractivity contribution in [2.24, 2.45) is 5.92 Å². The lowest BCUT2D eigenvalue weighted by atomic mass is 9.97. The van der Waals surface area contributed by atoms with Crippen LogP contribution in [0.3, 0.4) is 0 Å². The van der Waals surface area contributed by atoms with Gasteiger partial charge >= 0.3 is 6.03 Å². The number of nitrogens with one attached hydrogen (secondary N) is 2. The van der Waals surface area contributed by atoms with Crippen molar-refractivity contribution in [3.63, 3.8) is 0 Å². The second-order valence-corrected chi connectivity index (χ2v) is 9.44. The van der Waals surface area contributed by atoms with Crippen LogP contribution >= 0.6 is 0 Å². The van der Waals surface area contributed by atoms with Crippen molar-refractivity contribution in [3.8, 4) is 17.2 Å². The molecule has 4 rings (SSSR count). The highest BCUT2D eigenvalue weighted by atomic mass is 16.5. The number of piperidine rings is 1. The van der Waals surface area contributed by atoms with Crippen LogP contribution in [0.15, 0.2) is 42.5 Å². The van der Waals surface area contributed by atoms with E-state index >= 15 is 0 Å². The number of para-hydroxylation sites is 3. The van der Waals surface area contributed by atoms with Crippen LogP contribution in [0.4, 0.5) is 10.5 Å². The average molecular weight is 468 g/mol. The molecule has 2 aliphatic heterocycles. The quantitative estimate of drug-likeness (QED) is 0.646. The molecule has 2 heterocycles. The minimum absolute atomic E-state index is 0.0552. The van der Waals surface area contributed by atoms with Gasteiger partial charge in [0.15, 0.2) is 18.1 Å². The summed E-state index contributed by atoms with van der Waals surface area (Å²) in [5, 5.41) is 5.88. The molecule has 34 heavy (non-hydrogen) atoms. The number of likely N-dealkylation sites (tertiary alicyclic amines) is 1. The highest BCUT2D eigenvalue weighted by Crippen LogP contribution is 2.41. The van der Waals surface area contributed by atoms with Crippen LogP contribution in [0, 0.1) is 5.92 Å². The summed E-state index contributed by atoms with van der Waals surface area (Å²) >= 11 is 0. The fraction of sp³-hybridized carbons (Fsp3) is 0.462.